The normalized spacial score (nSPS) is 20.1. The third-order valence-electron chi connectivity index (χ3n) is 5.34. The van der Waals surface area contributed by atoms with Gasteiger partial charge < -0.3 is 14.8 Å². The highest BCUT2D eigenvalue weighted by Gasteiger charge is 2.52. The summed E-state index contributed by atoms with van der Waals surface area (Å²) in [5.74, 6) is 0.316. The van der Waals surface area contributed by atoms with Crippen molar-refractivity contribution in [3.05, 3.63) is 59.7 Å². The van der Waals surface area contributed by atoms with E-state index in [2.05, 4.69) is 5.32 Å². The zero-order valence-electron chi connectivity index (χ0n) is 16.1. The van der Waals surface area contributed by atoms with E-state index in [1.807, 2.05) is 37.3 Å². The van der Waals surface area contributed by atoms with Gasteiger partial charge in [0.2, 0.25) is 6.79 Å². The molecule has 0 unspecified atom stereocenters. The van der Waals surface area contributed by atoms with Crippen LogP contribution in [0.2, 0.25) is 0 Å². The first-order chi connectivity index (χ1) is 14.0. The smallest absolute Gasteiger partial charge is 0.325 e. The second kappa shape index (κ2) is 7.58. The van der Waals surface area contributed by atoms with Crippen LogP contribution >= 0.6 is 0 Å². The quantitative estimate of drug-likeness (QED) is 0.576. The van der Waals surface area contributed by atoms with Gasteiger partial charge in [-0.3, -0.25) is 14.5 Å². The maximum atomic E-state index is 13.3. The molecule has 0 spiro atoms. The molecule has 7 heteroatoms. The van der Waals surface area contributed by atoms with E-state index in [1.54, 1.807) is 18.2 Å². The molecule has 2 aromatic carbocycles. The maximum absolute atomic E-state index is 13.3. The lowest BCUT2D eigenvalue weighted by Crippen LogP contribution is -2.44. The molecular weight excluding hydrogens is 372 g/mol. The fourth-order valence-corrected chi connectivity index (χ4v) is 3.75. The second-order valence-corrected chi connectivity index (χ2v) is 7.19. The predicted molar refractivity (Wildman–Crippen MR) is 105 cm³/mol. The highest BCUT2D eigenvalue weighted by atomic mass is 16.7. The first kappa shape index (κ1) is 19.0. The molecule has 0 saturated carbocycles. The molecule has 1 atom stereocenters. The van der Waals surface area contributed by atoms with Crippen LogP contribution in [0.5, 0.6) is 11.5 Å². The Bertz CT molecular complexity index is 959. The van der Waals surface area contributed by atoms with Crippen molar-refractivity contribution in [3.63, 3.8) is 0 Å². The van der Waals surface area contributed by atoms with E-state index >= 15 is 0 Å². The van der Waals surface area contributed by atoms with Crippen molar-refractivity contribution >= 4 is 17.7 Å². The number of fused-ring (bicyclic) bond motifs is 1. The van der Waals surface area contributed by atoms with Crippen LogP contribution in [0.1, 0.15) is 42.1 Å². The molecule has 0 radical (unpaired) electrons. The SMILES string of the molecule is CCCC[C@]1(c2ccccc2)NC(=O)N(CC(=O)c2ccc3c(c2)OCO3)C1=O. The number of ketones is 1. The summed E-state index contributed by atoms with van der Waals surface area (Å²) < 4.78 is 10.6. The van der Waals surface area contributed by atoms with Crippen molar-refractivity contribution in [2.24, 2.45) is 0 Å². The molecule has 1 N–H and O–H groups in total. The van der Waals surface area contributed by atoms with E-state index in [4.69, 9.17) is 9.47 Å². The second-order valence-electron chi connectivity index (χ2n) is 7.19. The number of hydrogen-bond donors (Lipinski definition) is 1. The average molecular weight is 394 g/mol. The molecule has 7 nitrogen and oxygen atoms in total. The van der Waals surface area contributed by atoms with Gasteiger partial charge in [0.05, 0.1) is 6.54 Å². The number of benzene rings is 2. The number of Topliss-reactive ketones (excluding diaryl/α,β-unsaturated/α-hetero) is 1. The van der Waals surface area contributed by atoms with Crippen LogP contribution in [0.15, 0.2) is 48.5 Å². The summed E-state index contributed by atoms with van der Waals surface area (Å²) in [7, 11) is 0. The number of imide groups is 1. The Labute approximate surface area is 168 Å². The maximum Gasteiger partial charge on any atom is 0.325 e. The van der Waals surface area contributed by atoms with Crippen LogP contribution in [0.25, 0.3) is 0 Å². The van der Waals surface area contributed by atoms with Gasteiger partial charge in [0.15, 0.2) is 17.3 Å². The fraction of sp³-hybridized carbons (Fsp3) is 0.318. The molecule has 1 saturated heterocycles. The fourth-order valence-electron chi connectivity index (χ4n) is 3.75. The van der Waals surface area contributed by atoms with Gasteiger partial charge in [0.1, 0.15) is 5.54 Å². The van der Waals surface area contributed by atoms with Crippen LogP contribution in [-0.4, -0.2) is 36.0 Å². The first-order valence-corrected chi connectivity index (χ1v) is 9.67. The number of amides is 3. The number of carbonyl (C=O) groups is 3. The summed E-state index contributed by atoms with van der Waals surface area (Å²) in [5.41, 5.74) is -0.0470. The zero-order valence-corrected chi connectivity index (χ0v) is 16.1. The molecule has 2 aliphatic heterocycles. The predicted octanol–water partition coefficient (Wildman–Crippen LogP) is 3.24. The van der Waals surface area contributed by atoms with Crippen molar-refractivity contribution in [1.29, 1.82) is 0 Å². The number of unbranched alkanes of at least 4 members (excludes halogenated alkanes) is 1. The Morgan fingerprint density at radius 1 is 1.10 bits per heavy atom. The van der Waals surface area contributed by atoms with Gasteiger partial charge in [-0.2, -0.15) is 0 Å². The monoisotopic (exact) mass is 394 g/mol. The first-order valence-electron chi connectivity index (χ1n) is 9.67. The zero-order chi connectivity index (χ0) is 20.4. The van der Waals surface area contributed by atoms with Crippen molar-refractivity contribution in [2.75, 3.05) is 13.3 Å². The molecule has 4 rings (SSSR count). The molecule has 2 aliphatic rings. The van der Waals surface area contributed by atoms with Crippen molar-refractivity contribution in [1.82, 2.24) is 10.2 Å². The van der Waals surface area contributed by atoms with E-state index in [9.17, 15) is 14.4 Å². The molecule has 0 bridgehead atoms. The van der Waals surface area contributed by atoms with Crippen molar-refractivity contribution < 1.29 is 23.9 Å². The molecule has 150 valence electrons. The Kier molecular flexibility index (Phi) is 4.96. The number of urea groups is 1. The van der Waals surface area contributed by atoms with Gasteiger partial charge in [-0.1, -0.05) is 50.1 Å². The molecular formula is C22H22N2O5. The largest absolute Gasteiger partial charge is 0.454 e. The Morgan fingerprint density at radius 3 is 2.62 bits per heavy atom. The number of rotatable bonds is 7. The van der Waals surface area contributed by atoms with Crippen molar-refractivity contribution in [2.45, 2.75) is 31.7 Å². The minimum absolute atomic E-state index is 0.108. The summed E-state index contributed by atoms with van der Waals surface area (Å²) in [6.07, 6.45) is 2.13. The molecule has 2 heterocycles. The number of ether oxygens (including phenoxy) is 2. The number of hydrogen-bond acceptors (Lipinski definition) is 5. The van der Waals surface area contributed by atoms with Gasteiger partial charge in [-0.15, -0.1) is 0 Å². The lowest BCUT2D eigenvalue weighted by molar-refractivity contribution is -0.131. The van der Waals surface area contributed by atoms with E-state index in [1.165, 1.54) is 0 Å². The van der Waals surface area contributed by atoms with E-state index in [0.717, 1.165) is 23.3 Å². The third-order valence-corrected chi connectivity index (χ3v) is 5.34. The summed E-state index contributed by atoms with van der Waals surface area (Å²) in [5, 5.41) is 2.86. The Morgan fingerprint density at radius 2 is 1.86 bits per heavy atom. The third kappa shape index (κ3) is 3.33. The van der Waals surface area contributed by atoms with Crippen LogP contribution in [0, 0.1) is 0 Å². The van der Waals surface area contributed by atoms with E-state index in [0.29, 0.717) is 23.5 Å². The summed E-state index contributed by atoms with van der Waals surface area (Å²) in [6, 6.07) is 13.5. The lowest BCUT2D eigenvalue weighted by Gasteiger charge is -2.27. The van der Waals surface area contributed by atoms with Crippen LogP contribution < -0.4 is 14.8 Å². The number of carbonyl (C=O) groups excluding carboxylic acids is 3. The van der Waals surface area contributed by atoms with Gasteiger partial charge in [-0.05, 0) is 30.2 Å². The van der Waals surface area contributed by atoms with Gasteiger partial charge in [0, 0.05) is 5.56 Å². The van der Waals surface area contributed by atoms with Crippen LogP contribution in [0.4, 0.5) is 4.79 Å². The molecule has 1 fully saturated rings. The molecule has 29 heavy (non-hydrogen) atoms. The topological polar surface area (TPSA) is 84.9 Å². The summed E-state index contributed by atoms with van der Waals surface area (Å²) in [6.45, 7) is 1.81. The number of nitrogens with zero attached hydrogens (tertiary/aromatic N) is 1. The Balaban J connectivity index is 1.59. The molecule has 2 aromatic rings. The van der Waals surface area contributed by atoms with E-state index in [-0.39, 0.29) is 19.1 Å². The Hall–Kier alpha value is -3.35. The number of nitrogens with one attached hydrogen (secondary N) is 1. The van der Waals surface area contributed by atoms with Gasteiger partial charge in [-0.25, -0.2) is 4.79 Å². The molecule has 3 amide bonds. The lowest BCUT2D eigenvalue weighted by atomic mass is 9.85. The standard InChI is InChI=1S/C22H22N2O5/c1-2-3-11-22(16-7-5-4-6-8-16)20(26)24(21(27)23-22)13-17(25)15-9-10-18-19(12-15)29-14-28-18/h4-10,12H,2-3,11,13-14H2,1H3,(H,23,27)/t22-/m1/s1. The van der Waals surface area contributed by atoms with Gasteiger partial charge in [0.25, 0.3) is 5.91 Å². The summed E-state index contributed by atoms with van der Waals surface area (Å²) >= 11 is 0. The minimum Gasteiger partial charge on any atom is -0.454 e. The highest BCUT2D eigenvalue weighted by molar-refractivity contribution is 6.11. The average Bonchev–Trinajstić information content (AvgIpc) is 3.31. The minimum atomic E-state index is -1.14. The molecule has 0 aromatic heterocycles. The van der Waals surface area contributed by atoms with Crippen LogP contribution in [0.3, 0.4) is 0 Å². The highest BCUT2D eigenvalue weighted by Crippen LogP contribution is 2.35. The summed E-state index contributed by atoms with van der Waals surface area (Å²) in [4.78, 5) is 39.8. The van der Waals surface area contributed by atoms with Gasteiger partial charge >= 0.3 is 6.03 Å². The van der Waals surface area contributed by atoms with E-state index < -0.39 is 17.5 Å². The van der Waals surface area contributed by atoms with Crippen molar-refractivity contribution in [3.8, 4) is 11.5 Å². The molecule has 0 aliphatic carbocycles. The van der Waals surface area contributed by atoms with Crippen LogP contribution in [-0.2, 0) is 10.3 Å².